The Hall–Kier alpha value is -3.07. The minimum atomic E-state index is -0.554. The maximum atomic E-state index is 12.4. The van der Waals surface area contributed by atoms with Crippen molar-refractivity contribution in [2.75, 3.05) is 32.8 Å². The summed E-state index contributed by atoms with van der Waals surface area (Å²) in [5.41, 5.74) is 2.04. The predicted molar refractivity (Wildman–Crippen MR) is 115 cm³/mol. The smallest absolute Gasteiger partial charge is 0.341 e. The first kappa shape index (κ1) is 22.6. The Morgan fingerprint density at radius 2 is 1.84 bits per heavy atom. The number of carbonyl (C=O) groups excluding carboxylic acids is 3. The molecular formula is C22H25NO7S. The van der Waals surface area contributed by atoms with Gasteiger partial charge in [0.2, 0.25) is 0 Å². The van der Waals surface area contributed by atoms with Crippen molar-refractivity contribution >= 4 is 34.2 Å². The van der Waals surface area contributed by atoms with Crippen LogP contribution in [0.3, 0.4) is 0 Å². The van der Waals surface area contributed by atoms with E-state index in [4.69, 9.17) is 18.9 Å². The van der Waals surface area contributed by atoms with E-state index in [1.807, 2.05) is 0 Å². The number of benzene rings is 1. The molecule has 31 heavy (non-hydrogen) atoms. The molecule has 1 aromatic heterocycles. The summed E-state index contributed by atoms with van der Waals surface area (Å²) in [5, 5.41) is 3.15. The summed E-state index contributed by atoms with van der Waals surface area (Å²) in [6, 6.07) is 5.10. The van der Waals surface area contributed by atoms with Gasteiger partial charge >= 0.3 is 11.9 Å². The number of esters is 2. The minimum Gasteiger partial charge on any atom is -0.493 e. The van der Waals surface area contributed by atoms with Crippen LogP contribution in [0.2, 0.25) is 0 Å². The molecule has 0 aliphatic heterocycles. The Morgan fingerprint density at radius 3 is 2.55 bits per heavy atom. The summed E-state index contributed by atoms with van der Waals surface area (Å²) in [5.74, 6) is -0.447. The van der Waals surface area contributed by atoms with Crippen molar-refractivity contribution in [1.29, 1.82) is 0 Å². The molecule has 2 aromatic rings. The summed E-state index contributed by atoms with van der Waals surface area (Å²) < 4.78 is 20.6. The number of methoxy groups -OCH3 is 2. The van der Waals surface area contributed by atoms with Crippen molar-refractivity contribution in [2.45, 2.75) is 32.6 Å². The Morgan fingerprint density at radius 1 is 1.06 bits per heavy atom. The van der Waals surface area contributed by atoms with Crippen LogP contribution in [0.1, 0.15) is 39.7 Å². The van der Waals surface area contributed by atoms with Crippen molar-refractivity contribution in [2.24, 2.45) is 0 Å². The number of anilines is 1. The highest BCUT2D eigenvalue weighted by Gasteiger charge is 2.28. The molecule has 0 saturated carbocycles. The fraction of sp³-hybridized carbons (Fsp3) is 0.409. The van der Waals surface area contributed by atoms with Gasteiger partial charge in [-0.1, -0.05) is 6.07 Å². The van der Waals surface area contributed by atoms with Crippen molar-refractivity contribution in [1.82, 2.24) is 0 Å². The molecule has 0 saturated heterocycles. The number of ether oxygens (including phenoxy) is 4. The van der Waals surface area contributed by atoms with E-state index in [2.05, 4.69) is 5.32 Å². The van der Waals surface area contributed by atoms with Gasteiger partial charge in [-0.25, -0.2) is 4.79 Å². The zero-order valence-electron chi connectivity index (χ0n) is 17.7. The molecule has 0 bridgehead atoms. The van der Waals surface area contributed by atoms with Crippen molar-refractivity contribution in [3.63, 3.8) is 0 Å². The van der Waals surface area contributed by atoms with E-state index in [0.717, 1.165) is 29.7 Å². The second-order valence-electron chi connectivity index (χ2n) is 6.86. The predicted octanol–water partition coefficient (Wildman–Crippen LogP) is 3.16. The molecule has 0 spiro atoms. The zero-order chi connectivity index (χ0) is 22.4. The van der Waals surface area contributed by atoms with Gasteiger partial charge in [-0.05, 0) is 49.4 Å². The van der Waals surface area contributed by atoms with Crippen LogP contribution in [0.25, 0.3) is 0 Å². The van der Waals surface area contributed by atoms with Gasteiger partial charge in [-0.3, -0.25) is 9.59 Å². The van der Waals surface area contributed by atoms with E-state index >= 15 is 0 Å². The van der Waals surface area contributed by atoms with E-state index in [0.29, 0.717) is 27.6 Å². The molecule has 1 aromatic carbocycles. The van der Waals surface area contributed by atoms with Crippen LogP contribution in [0.4, 0.5) is 5.00 Å². The lowest BCUT2D eigenvalue weighted by Gasteiger charge is -2.10. The van der Waals surface area contributed by atoms with Gasteiger partial charge in [0.05, 0.1) is 32.8 Å². The number of rotatable bonds is 9. The van der Waals surface area contributed by atoms with Crippen molar-refractivity contribution < 1.29 is 33.3 Å². The van der Waals surface area contributed by atoms with Crippen LogP contribution >= 0.6 is 11.3 Å². The van der Waals surface area contributed by atoms with Crippen LogP contribution in [0.5, 0.6) is 11.5 Å². The van der Waals surface area contributed by atoms with Gasteiger partial charge in [0.15, 0.2) is 18.1 Å². The molecule has 1 amide bonds. The van der Waals surface area contributed by atoms with E-state index < -0.39 is 24.5 Å². The molecule has 8 nitrogen and oxygen atoms in total. The van der Waals surface area contributed by atoms with E-state index in [-0.39, 0.29) is 13.0 Å². The minimum absolute atomic E-state index is 0.0188. The van der Waals surface area contributed by atoms with Crippen LogP contribution in [-0.4, -0.2) is 45.3 Å². The standard InChI is InChI=1S/C22H25NO7S/c1-4-29-22(26)20-14-6-5-7-17(14)31-21(20)23-18(24)12-30-19(25)11-13-8-9-15(27-2)16(10-13)28-3/h8-10H,4-7,11-12H2,1-3H3,(H,23,24). The largest absolute Gasteiger partial charge is 0.493 e. The van der Waals surface area contributed by atoms with Crippen LogP contribution < -0.4 is 14.8 Å². The van der Waals surface area contributed by atoms with Gasteiger partial charge in [0.25, 0.3) is 5.91 Å². The fourth-order valence-electron chi connectivity index (χ4n) is 3.43. The number of carbonyl (C=O) groups is 3. The number of hydrogen-bond donors (Lipinski definition) is 1. The molecule has 0 atom stereocenters. The Labute approximate surface area is 184 Å². The highest BCUT2D eigenvalue weighted by molar-refractivity contribution is 7.17. The third-order valence-electron chi connectivity index (χ3n) is 4.81. The number of aryl methyl sites for hydroxylation is 1. The summed E-state index contributed by atoms with van der Waals surface area (Å²) in [7, 11) is 3.04. The maximum Gasteiger partial charge on any atom is 0.341 e. The first-order chi connectivity index (χ1) is 15.0. The van der Waals surface area contributed by atoms with Crippen molar-refractivity contribution in [3.05, 3.63) is 39.8 Å². The number of thiophene rings is 1. The highest BCUT2D eigenvalue weighted by Crippen LogP contribution is 2.39. The third-order valence-corrected chi connectivity index (χ3v) is 6.02. The Balaban J connectivity index is 1.58. The highest BCUT2D eigenvalue weighted by atomic mass is 32.1. The molecule has 0 unspecified atom stereocenters. The normalized spacial score (nSPS) is 12.1. The SMILES string of the molecule is CCOC(=O)c1c(NC(=O)COC(=O)Cc2ccc(OC)c(OC)c2)sc2c1CCC2. The van der Waals surface area contributed by atoms with E-state index in [1.165, 1.54) is 25.6 Å². The first-order valence-corrected chi connectivity index (χ1v) is 10.8. The monoisotopic (exact) mass is 447 g/mol. The second kappa shape index (κ2) is 10.3. The summed E-state index contributed by atoms with van der Waals surface area (Å²) in [6.07, 6.45) is 2.63. The van der Waals surface area contributed by atoms with Crippen LogP contribution in [0.15, 0.2) is 18.2 Å². The van der Waals surface area contributed by atoms with Crippen molar-refractivity contribution in [3.8, 4) is 11.5 Å². The average molecular weight is 448 g/mol. The van der Waals surface area contributed by atoms with Gasteiger partial charge in [-0.15, -0.1) is 11.3 Å². The average Bonchev–Trinajstić information content (AvgIpc) is 3.33. The molecule has 1 aliphatic carbocycles. The van der Waals surface area contributed by atoms with Gasteiger partial charge in [0.1, 0.15) is 5.00 Å². The molecular weight excluding hydrogens is 422 g/mol. The fourth-order valence-corrected chi connectivity index (χ4v) is 4.72. The first-order valence-electron chi connectivity index (χ1n) is 9.94. The summed E-state index contributed by atoms with van der Waals surface area (Å²) >= 11 is 1.38. The number of fused-ring (bicyclic) bond motifs is 1. The molecule has 1 aliphatic rings. The lowest BCUT2D eigenvalue weighted by molar-refractivity contribution is -0.146. The maximum absolute atomic E-state index is 12.4. The molecule has 1 heterocycles. The molecule has 1 N–H and O–H groups in total. The van der Waals surface area contributed by atoms with Crippen LogP contribution in [0, 0.1) is 0 Å². The zero-order valence-corrected chi connectivity index (χ0v) is 18.6. The number of amides is 1. The molecule has 0 radical (unpaired) electrons. The number of nitrogens with one attached hydrogen (secondary N) is 1. The van der Waals surface area contributed by atoms with E-state index in [9.17, 15) is 14.4 Å². The van der Waals surface area contributed by atoms with E-state index in [1.54, 1.807) is 25.1 Å². The third kappa shape index (κ3) is 5.35. The molecule has 166 valence electrons. The Kier molecular flexibility index (Phi) is 7.51. The van der Waals surface area contributed by atoms with Gasteiger partial charge < -0.3 is 24.3 Å². The molecule has 3 rings (SSSR count). The van der Waals surface area contributed by atoms with Gasteiger partial charge in [0, 0.05) is 4.88 Å². The quantitative estimate of drug-likeness (QED) is 0.590. The summed E-state index contributed by atoms with van der Waals surface area (Å²) in [4.78, 5) is 37.9. The lowest BCUT2D eigenvalue weighted by atomic mass is 10.1. The second-order valence-corrected chi connectivity index (χ2v) is 7.96. The number of hydrogen-bond acceptors (Lipinski definition) is 8. The molecule has 9 heteroatoms. The Bertz CT molecular complexity index is 982. The summed E-state index contributed by atoms with van der Waals surface area (Å²) in [6.45, 7) is 1.54. The lowest BCUT2D eigenvalue weighted by Crippen LogP contribution is -2.22. The molecule has 0 fully saturated rings. The van der Waals surface area contributed by atoms with Crippen LogP contribution in [-0.2, 0) is 38.3 Å². The van der Waals surface area contributed by atoms with Gasteiger partial charge in [-0.2, -0.15) is 0 Å². The topological polar surface area (TPSA) is 100 Å².